The minimum absolute atomic E-state index is 0. The van der Waals surface area contributed by atoms with Gasteiger partial charge < -0.3 is 0 Å². The molecule has 1 N–H and O–H groups in total. The SMILES string of the molecule is CC(OS(=O)(=O)O)c1ccccc1[N+](=O)[O-].[Na]. The van der Waals surface area contributed by atoms with Gasteiger partial charge in [0, 0.05) is 35.6 Å². The Labute approximate surface area is 120 Å². The van der Waals surface area contributed by atoms with Gasteiger partial charge in [0.1, 0.15) is 6.10 Å². The average Bonchev–Trinajstić information content (AvgIpc) is 2.15. The van der Waals surface area contributed by atoms with Crippen molar-refractivity contribution in [1.29, 1.82) is 0 Å². The van der Waals surface area contributed by atoms with Crippen molar-refractivity contribution in [3.8, 4) is 0 Å². The minimum atomic E-state index is -4.64. The van der Waals surface area contributed by atoms with Gasteiger partial charge in [-0.15, -0.1) is 0 Å². The molecule has 0 aliphatic heterocycles. The van der Waals surface area contributed by atoms with Gasteiger partial charge in [0.25, 0.3) is 5.69 Å². The molecule has 9 heteroatoms. The summed E-state index contributed by atoms with van der Waals surface area (Å²) in [5.74, 6) is 0. The first-order chi connectivity index (χ1) is 7.31. The Hall–Kier alpha value is -0.510. The molecule has 1 atom stereocenters. The van der Waals surface area contributed by atoms with Crippen LogP contribution in [0.4, 0.5) is 5.69 Å². The van der Waals surface area contributed by atoms with Gasteiger partial charge in [-0.05, 0) is 13.0 Å². The van der Waals surface area contributed by atoms with Gasteiger partial charge in [-0.3, -0.25) is 14.7 Å². The van der Waals surface area contributed by atoms with Gasteiger partial charge in [0.15, 0.2) is 0 Å². The summed E-state index contributed by atoms with van der Waals surface area (Å²) < 4.78 is 33.6. The number of nitro benzene ring substituents is 1. The molecule has 1 rings (SSSR count). The van der Waals surface area contributed by atoms with E-state index in [-0.39, 0.29) is 40.8 Å². The van der Waals surface area contributed by atoms with Crippen LogP contribution in [0, 0.1) is 10.1 Å². The normalized spacial score (nSPS) is 12.6. The maximum Gasteiger partial charge on any atom is 0.397 e. The van der Waals surface area contributed by atoms with E-state index in [4.69, 9.17) is 4.55 Å². The molecule has 0 aliphatic rings. The smallest absolute Gasteiger partial charge is 0.264 e. The van der Waals surface area contributed by atoms with E-state index < -0.39 is 21.4 Å². The summed E-state index contributed by atoms with van der Waals surface area (Å²) >= 11 is 0. The molecule has 0 saturated heterocycles. The number of hydrogen-bond donors (Lipinski definition) is 1. The Morgan fingerprint density at radius 1 is 1.41 bits per heavy atom. The zero-order chi connectivity index (χ0) is 12.3. The van der Waals surface area contributed by atoms with E-state index in [1.807, 2.05) is 0 Å². The third kappa shape index (κ3) is 5.11. The fourth-order valence-corrected chi connectivity index (χ4v) is 1.70. The molecule has 0 fully saturated rings. The van der Waals surface area contributed by atoms with E-state index >= 15 is 0 Å². The zero-order valence-corrected chi connectivity index (χ0v) is 12.0. The first-order valence-electron chi connectivity index (χ1n) is 4.20. The Kier molecular flexibility index (Phi) is 6.24. The van der Waals surface area contributed by atoms with Crippen molar-refractivity contribution in [2.75, 3.05) is 0 Å². The van der Waals surface area contributed by atoms with E-state index in [0.717, 1.165) is 0 Å². The Morgan fingerprint density at radius 2 is 1.94 bits per heavy atom. The molecule has 1 unspecified atom stereocenters. The van der Waals surface area contributed by atoms with Crippen LogP contribution in [-0.2, 0) is 14.6 Å². The molecular weight excluding hydrogens is 261 g/mol. The molecule has 0 amide bonds. The van der Waals surface area contributed by atoms with Crippen LogP contribution in [0.5, 0.6) is 0 Å². The van der Waals surface area contributed by atoms with Crippen LogP contribution in [0.15, 0.2) is 24.3 Å². The third-order valence-corrected chi connectivity index (χ3v) is 2.37. The maximum atomic E-state index is 10.6. The molecule has 89 valence electrons. The van der Waals surface area contributed by atoms with Crippen LogP contribution in [-0.4, -0.2) is 47.5 Å². The van der Waals surface area contributed by atoms with Crippen LogP contribution in [0.2, 0.25) is 0 Å². The second kappa shape index (κ2) is 6.43. The molecule has 7 nitrogen and oxygen atoms in total. The Morgan fingerprint density at radius 3 is 2.41 bits per heavy atom. The van der Waals surface area contributed by atoms with Crippen molar-refractivity contribution < 1.29 is 22.1 Å². The first-order valence-corrected chi connectivity index (χ1v) is 5.57. The largest absolute Gasteiger partial charge is 0.397 e. The van der Waals surface area contributed by atoms with Crippen molar-refractivity contribution in [1.82, 2.24) is 0 Å². The van der Waals surface area contributed by atoms with Gasteiger partial charge in [0.05, 0.1) is 10.5 Å². The van der Waals surface area contributed by atoms with Gasteiger partial charge in [0.2, 0.25) is 0 Å². The quantitative estimate of drug-likeness (QED) is 0.380. The second-order valence-corrected chi connectivity index (χ2v) is 4.03. The van der Waals surface area contributed by atoms with Gasteiger partial charge in [-0.2, -0.15) is 8.42 Å². The number of nitro groups is 1. The number of para-hydroxylation sites is 1. The molecule has 0 aromatic heterocycles. The van der Waals surface area contributed by atoms with Crippen LogP contribution < -0.4 is 0 Å². The van der Waals surface area contributed by atoms with Gasteiger partial charge in [-0.1, -0.05) is 12.1 Å². The fourth-order valence-electron chi connectivity index (χ4n) is 1.23. The zero-order valence-electron chi connectivity index (χ0n) is 9.23. The first kappa shape index (κ1) is 16.5. The Bertz CT molecular complexity index is 502. The van der Waals surface area contributed by atoms with Crippen LogP contribution in [0.1, 0.15) is 18.6 Å². The molecular formula is C8H9NNaO6S. The molecule has 17 heavy (non-hydrogen) atoms. The van der Waals surface area contributed by atoms with Crippen LogP contribution in [0.3, 0.4) is 0 Å². The third-order valence-electron chi connectivity index (χ3n) is 1.84. The number of nitrogens with zero attached hydrogens (tertiary/aromatic N) is 1. The molecule has 1 aromatic rings. The molecule has 0 bridgehead atoms. The molecule has 0 spiro atoms. The Balaban J connectivity index is 0.00000256. The van der Waals surface area contributed by atoms with E-state index in [2.05, 4.69) is 4.18 Å². The van der Waals surface area contributed by atoms with Gasteiger partial charge >= 0.3 is 10.4 Å². The number of benzene rings is 1. The standard InChI is InChI=1S/C8H9NO6S.Na/c1-6(15-16(12,13)14)7-4-2-3-5-8(7)9(10)11;/h2-6H,1H3,(H,12,13,14);. The molecule has 1 aromatic carbocycles. The maximum absolute atomic E-state index is 10.6. The number of hydrogen-bond acceptors (Lipinski definition) is 5. The van der Waals surface area contributed by atoms with Crippen molar-refractivity contribution in [2.24, 2.45) is 0 Å². The minimum Gasteiger partial charge on any atom is -0.264 e. The summed E-state index contributed by atoms with van der Waals surface area (Å²) in [5, 5.41) is 10.6. The van der Waals surface area contributed by atoms with Crippen LogP contribution >= 0.6 is 0 Å². The summed E-state index contributed by atoms with van der Waals surface area (Å²) in [4.78, 5) is 9.98. The predicted octanol–water partition coefficient (Wildman–Crippen LogP) is 1.09. The second-order valence-electron chi connectivity index (χ2n) is 2.98. The molecule has 0 heterocycles. The predicted molar refractivity (Wildman–Crippen MR) is 59.9 cm³/mol. The monoisotopic (exact) mass is 270 g/mol. The van der Waals surface area contributed by atoms with E-state index in [1.54, 1.807) is 0 Å². The summed E-state index contributed by atoms with van der Waals surface area (Å²) in [6.45, 7) is 1.29. The van der Waals surface area contributed by atoms with Crippen molar-refractivity contribution in [3.63, 3.8) is 0 Å². The molecule has 0 aliphatic carbocycles. The van der Waals surface area contributed by atoms with Crippen molar-refractivity contribution in [2.45, 2.75) is 13.0 Å². The average molecular weight is 270 g/mol. The summed E-state index contributed by atoms with van der Waals surface area (Å²) in [7, 11) is -4.64. The topological polar surface area (TPSA) is 107 Å². The fraction of sp³-hybridized carbons (Fsp3) is 0.250. The summed E-state index contributed by atoms with van der Waals surface area (Å²) in [5.41, 5.74) is -0.191. The molecule has 0 saturated carbocycles. The van der Waals surface area contributed by atoms with Crippen molar-refractivity contribution >= 4 is 45.6 Å². The van der Waals surface area contributed by atoms with E-state index in [1.165, 1.54) is 31.2 Å². The van der Waals surface area contributed by atoms with E-state index in [0.29, 0.717) is 0 Å². The summed E-state index contributed by atoms with van der Waals surface area (Å²) in [6.07, 6.45) is -1.13. The summed E-state index contributed by atoms with van der Waals surface area (Å²) in [6, 6.07) is 5.53. The van der Waals surface area contributed by atoms with Gasteiger partial charge in [-0.25, -0.2) is 4.18 Å². The van der Waals surface area contributed by atoms with E-state index in [9.17, 15) is 18.5 Å². The van der Waals surface area contributed by atoms with Crippen molar-refractivity contribution in [3.05, 3.63) is 39.9 Å². The van der Waals surface area contributed by atoms with Crippen LogP contribution in [0.25, 0.3) is 0 Å². The molecule has 1 radical (unpaired) electrons. The number of rotatable bonds is 4.